The molecule has 5 nitrogen and oxygen atoms in total. The topological polar surface area (TPSA) is 48.8 Å². The number of halogens is 2. The van der Waals surface area contributed by atoms with E-state index in [1.807, 2.05) is 24.0 Å². The van der Waals surface area contributed by atoms with Gasteiger partial charge in [0.15, 0.2) is 0 Å². The minimum absolute atomic E-state index is 0.113. The Kier molecular flexibility index (Phi) is 6.78. The third kappa shape index (κ3) is 5.20. The van der Waals surface area contributed by atoms with Crippen molar-refractivity contribution >= 4 is 11.6 Å². The molecule has 184 valence electrons. The highest BCUT2D eigenvalue weighted by Crippen LogP contribution is 2.30. The summed E-state index contributed by atoms with van der Waals surface area (Å²) < 4.78 is 28.4. The van der Waals surface area contributed by atoms with E-state index in [-0.39, 0.29) is 23.9 Å². The molecule has 2 aromatic rings. The third-order valence-corrected chi connectivity index (χ3v) is 7.42. The lowest BCUT2D eigenvalue weighted by Crippen LogP contribution is -2.43. The van der Waals surface area contributed by atoms with Gasteiger partial charge in [-0.15, -0.1) is 0 Å². The van der Waals surface area contributed by atoms with Crippen molar-refractivity contribution in [1.29, 1.82) is 0 Å². The number of aromatic nitrogens is 1. The van der Waals surface area contributed by atoms with Crippen LogP contribution in [0.5, 0.6) is 0 Å². The van der Waals surface area contributed by atoms with Crippen LogP contribution in [0.2, 0.25) is 0 Å². The minimum Gasteiger partial charge on any atom is -0.338 e. The first-order valence-electron chi connectivity index (χ1n) is 12.5. The van der Waals surface area contributed by atoms with Gasteiger partial charge in [0.05, 0.1) is 12.3 Å². The first-order chi connectivity index (χ1) is 16.9. The van der Waals surface area contributed by atoms with Gasteiger partial charge in [0.25, 0.3) is 0 Å². The number of likely N-dealkylation sites (tertiary alicyclic amines) is 1. The van der Waals surface area contributed by atoms with E-state index in [1.54, 1.807) is 6.20 Å². The summed E-state index contributed by atoms with van der Waals surface area (Å²) >= 11 is 0. The predicted octanol–water partition coefficient (Wildman–Crippen LogP) is 4.55. The molecule has 7 heteroatoms. The predicted molar refractivity (Wildman–Crippen MR) is 132 cm³/mol. The molecule has 0 spiro atoms. The lowest BCUT2D eigenvalue weighted by atomic mass is 9.87. The van der Waals surface area contributed by atoms with Gasteiger partial charge in [0.1, 0.15) is 11.6 Å². The third-order valence-electron chi connectivity index (χ3n) is 7.42. The second-order valence-corrected chi connectivity index (χ2v) is 10.3. The second kappa shape index (κ2) is 9.97. The van der Waals surface area contributed by atoms with Crippen molar-refractivity contribution in [3.05, 3.63) is 76.1 Å². The van der Waals surface area contributed by atoms with Crippen LogP contribution in [-0.2, 0) is 11.3 Å². The van der Waals surface area contributed by atoms with E-state index in [9.17, 15) is 13.6 Å². The number of aryl methyl sites for hydroxylation is 1. The van der Waals surface area contributed by atoms with Crippen LogP contribution in [0.1, 0.15) is 43.0 Å². The summed E-state index contributed by atoms with van der Waals surface area (Å²) in [5.41, 5.74) is 5.64. The summed E-state index contributed by atoms with van der Waals surface area (Å²) in [5, 5.41) is 0. The van der Waals surface area contributed by atoms with E-state index in [4.69, 9.17) is 4.99 Å². The number of hydrogen-bond acceptors (Lipinski definition) is 4. The molecule has 4 heterocycles. The molecule has 0 N–H and O–H groups in total. The van der Waals surface area contributed by atoms with Crippen molar-refractivity contribution in [3.63, 3.8) is 0 Å². The Hall–Kier alpha value is -2.93. The number of rotatable bonds is 5. The molecule has 0 radical (unpaired) electrons. The van der Waals surface area contributed by atoms with Gasteiger partial charge in [-0.25, -0.2) is 8.78 Å². The largest absolute Gasteiger partial charge is 0.338 e. The molecule has 3 aliphatic rings. The zero-order valence-electron chi connectivity index (χ0n) is 20.4. The standard InChI is InChI=1S/C28H32F2N4O/c1-18-10-20(15-33(14-18)16-24-25(29)4-3-5-26(24)30)12-27(35)34-9-7-22-13-32-28(23(22)17-34)21-6-8-31-19(2)11-21/h3-6,8,11,18,20H,7,9-10,12-17H2,1-2H3. The molecule has 1 amide bonds. The quantitative estimate of drug-likeness (QED) is 0.634. The number of aliphatic imine (C=N–C) groups is 1. The molecule has 1 aromatic heterocycles. The van der Waals surface area contributed by atoms with Crippen LogP contribution in [-0.4, -0.2) is 59.1 Å². The van der Waals surface area contributed by atoms with Gasteiger partial charge in [0.2, 0.25) is 5.91 Å². The summed E-state index contributed by atoms with van der Waals surface area (Å²) in [6, 6.07) is 8.04. The number of carbonyl (C=O) groups excluding carboxylic acids is 1. The van der Waals surface area contributed by atoms with Crippen LogP contribution in [0.15, 0.2) is 52.7 Å². The summed E-state index contributed by atoms with van der Waals surface area (Å²) in [7, 11) is 0. The molecule has 0 aliphatic carbocycles. The van der Waals surface area contributed by atoms with Gasteiger partial charge < -0.3 is 4.90 Å². The van der Waals surface area contributed by atoms with E-state index >= 15 is 0 Å². The molecule has 1 fully saturated rings. The molecular formula is C28H32F2N4O. The first-order valence-corrected chi connectivity index (χ1v) is 12.5. The fourth-order valence-corrected chi connectivity index (χ4v) is 5.82. The Morgan fingerprint density at radius 2 is 1.97 bits per heavy atom. The second-order valence-electron chi connectivity index (χ2n) is 10.3. The number of carbonyl (C=O) groups is 1. The van der Waals surface area contributed by atoms with E-state index < -0.39 is 11.6 Å². The van der Waals surface area contributed by atoms with Crippen LogP contribution in [0.4, 0.5) is 8.78 Å². The van der Waals surface area contributed by atoms with Crippen molar-refractivity contribution in [3.8, 4) is 0 Å². The Bertz CT molecular complexity index is 1170. The normalized spacial score (nSPS) is 22.9. The van der Waals surface area contributed by atoms with Gasteiger partial charge in [-0.2, -0.15) is 0 Å². The van der Waals surface area contributed by atoms with Crippen molar-refractivity contribution in [2.45, 2.75) is 39.7 Å². The number of hydrogen-bond donors (Lipinski definition) is 0. The summed E-state index contributed by atoms with van der Waals surface area (Å²) in [4.78, 5) is 26.5. The zero-order chi connectivity index (χ0) is 24.5. The summed E-state index contributed by atoms with van der Waals surface area (Å²) in [5.74, 6) is -0.310. The maximum absolute atomic E-state index is 14.2. The smallest absolute Gasteiger partial charge is 0.223 e. The number of pyridine rings is 1. The lowest BCUT2D eigenvalue weighted by molar-refractivity contribution is -0.132. The molecule has 1 aromatic carbocycles. The van der Waals surface area contributed by atoms with Crippen LogP contribution >= 0.6 is 0 Å². The minimum atomic E-state index is -0.508. The first kappa shape index (κ1) is 23.8. The molecule has 0 bridgehead atoms. The van der Waals surface area contributed by atoms with Gasteiger partial charge in [-0.3, -0.25) is 19.7 Å². The number of piperidine rings is 1. The fourth-order valence-electron chi connectivity index (χ4n) is 5.82. The van der Waals surface area contributed by atoms with E-state index in [2.05, 4.69) is 16.8 Å². The van der Waals surface area contributed by atoms with Gasteiger partial charge in [0, 0.05) is 62.2 Å². The lowest BCUT2D eigenvalue weighted by Gasteiger charge is -2.37. The van der Waals surface area contributed by atoms with Crippen LogP contribution in [0.25, 0.3) is 0 Å². The van der Waals surface area contributed by atoms with Gasteiger partial charge in [-0.1, -0.05) is 13.0 Å². The van der Waals surface area contributed by atoms with Gasteiger partial charge in [-0.05, 0) is 67.0 Å². The molecule has 1 saturated heterocycles. The maximum Gasteiger partial charge on any atom is 0.223 e. The van der Waals surface area contributed by atoms with Crippen LogP contribution in [0.3, 0.4) is 0 Å². The van der Waals surface area contributed by atoms with Crippen molar-refractivity contribution in [1.82, 2.24) is 14.8 Å². The van der Waals surface area contributed by atoms with E-state index in [0.29, 0.717) is 25.4 Å². The van der Waals surface area contributed by atoms with Gasteiger partial charge >= 0.3 is 0 Å². The van der Waals surface area contributed by atoms with Crippen LogP contribution in [0, 0.1) is 30.4 Å². The molecule has 0 saturated carbocycles. The molecule has 3 aliphatic heterocycles. The molecule has 2 atom stereocenters. The summed E-state index contributed by atoms with van der Waals surface area (Å²) in [6.45, 7) is 7.85. The molecule has 35 heavy (non-hydrogen) atoms. The van der Waals surface area contributed by atoms with E-state index in [0.717, 1.165) is 49.4 Å². The van der Waals surface area contributed by atoms with Crippen molar-refractivity contribution in [2.24, 2.45) is 16.8 Å². The highest BCUT2D eigenvalue weighted by atomic mass is 19.1. The average molecular weight is 479 g/mol. The Morgan fingerprint density at radius 3 is 2.74 bits per heavy atom. The average Bonchev–Trinajstić information content (AvgIpc) is 3.24. The Balaban J connectivity index is 1.23. The maximum atomic E-state index is 14.2. The Labute approximate surface area is 205 Å². The van der Waals surface area contributed by atoms with Crippen molar-refractivity contribution in [2.75, 3.05) is 32.7 Å². The highest BCUT2D eigenvalue weighted by molar-refractivity contribution is 6.15. The molecular weight excluding hydrogens is 446 g/mol. The fraction of sp³-hybridized carbons (Fsp3) is 0.464. The van der Waals surface area contributed by atoms with E-state index in [1.165, 1.54) is 29.3 Å². The Morgan fingerprint density at radius 1 is 1.17 bits per heavy atom. The SMILES string of the molecule is Cc1cc(C2=NCC3=C2CN(C(=O)CC2CC(C)CN(Cc4c(F)cccc4F)C2)CC3)ccn1. The number of benzene rings is 1. The molecule has 2 unspecified atom stereocenters. The number of amides is 1. The highest BCUT2D eigenvalue weighted by Gasteiger charge is 2.32. The van der Waals surface area contributed by atoms with Crippen LogP contribution < -0.4 is 0 Å². The van der Waals surface area contributed by atoms with Crippen molar-refractivity contribution < 1.29 is 13.6 Å². The monoisotopic (exact) mass is 478 g/mol. The zero-order valence-corrected chi connectivity index (χ0v) is 20.4. The number of nitrogens with zero attached hydrogens (tertiary/aromatic N) is 4. The molecule has 5 rings (SSSR count). The summed E-state index contributed by atoms with van der Waals surface area (Å²) in [6.07, 6.45) is 4.08.